The lowest BCUT2D eigenvalue weighted by molar-refractivity contribution is 0.241. The molecule has 1 aromatic rings. The largest absolute Gasteiger partial charge is 0.314 e. The average molecular weight is 340 g/mol. The number of benzene rings is 1. The van der Waals surface area contributed by atoms with Crippen molar-refractivity contribution in [2.75, 3.05) is 6.54 Å². The van der Waals surface area contributed by atoms with Gasteiger partial charge in [-0.05, 0) is 66.7 Å². The van der Waals surface area contributed by atoms with E-state index in [0.717, 1.165) is 34.8 Å². The first kappa shape index (κ1) is 14.5. The van der Waals surface area contributed by atoms with E-state index in [2.05, 4.69) is 41.2 Å². The zero-order valence-electron chi connectivity index (χ0n) is 12.3. The summed E-state index contributed by atoms with van der Waals surface area (Å²) in [7, 11) is 0. The zero-order chi connectivity index (χ0) is 14.3. The Labute approximate surface area is 129 Å². The van der Waals surface area contributed by atoms with Gasteiger partial charge in [0.15, 0.2) is 0 Å². The molecule has 3 heteroatoms. The first-order chi connectivity index (χ1) is 9.46. The molecule has 2 aliphatic carbocycles. The van der Waals surface area contributed by atoms with E-state index in [1.807, 2.05) is 0 Å². The van der Waals surface area contributed by atoms with Gasteiger partial charge in [0.1, 0.15) is 5.82 Å². The molecule has 0 heterocycles. The summed E-state index contributed by atoms with van der Waals surface area (Å²) in [5, 5.41) is 3.61. The van der Waals surface area contributed by atoms with Crippen LogP contribution in [0, 0.1) is 23.1 Å². The van der Waals surface area contributed by atoms with Gasteiger partial charge in [-0.15, -0.1) is 0 Å². The second kappa shape index (κ2) is 5.42. The minimum Gasteiger partial charge on any atom is -0.314 e. The van der Waals surface area contributed by atoms with Gasteiger partial charge in [0.05, 0.1) is 0 Å². The van der Waals surface area contributed by atoms with Gasteiger partial charge < -0.3 is 5.32 Å². The summed E-state index contributed by atoms with van der Waals surface area (Å²) in [6.07, 6.45) is 5.05. The Hall–Kier alpha value is -0.410. The summed E-state index contributed by atoms with van der Waals surface area (Å²) in [4.78, 5) is 0. The van der Waals surface area contributed by atoms with Crippen LogP contribution in [0.5, 0.6) is 0 Å². The SMILES string of the molecule is CC(C)NCC1(Cc2cc(F)cc(Br)c2)CC2CC2C1. The van der Waals surface area contributed by atoms with Crippen molar-refractivity contribution in [2.45, 2.75) is 45.6 Å². The maximum atomic E-state index is 13.6. The van der Waals surface area contributed by atoms with Crippen molar-refractivity contribution in [3.05, 3.63) is 34.1 Å². The van der Waals surface area contributed by atoms with Crippen LogP contribution < -0.4 is 5.32 Å². The predicted octanol–water partition coefficient (Wildman–Crippen LogP) is 4.55. The normalized spacial score (nSPS) is 31.6. The molecule has 2 saturated carbocycles. The van der Waals surface area contributed by atoms with Crippen LogP contribution >= 0.6 is 15.9 Å². The third kappa shape index (κ3) is 3.25. The minimum atomic E-state index is -0.135. The van der Waals surface area contributed by atoms with Crippen LogP contribution in [0.1, 0.15) is 38.7 Å². The van der Waals surface area contributed by atoms with Gasteiger partial charge in [-0.3, -0.25) is 0 Å². The van der Waals surface area contributed by atoms with E-state index in [-0.39, 0.29) is 5.82 Å². The van der Waals surface area contributed by atoms with Crippen LogP contribution in [0.25, 0.3) is 0 Å². The molecule has 0 bridgehead atoms. The molecule has 1 nitrogen and oxygen atoms in total. The van der Waals surface area contributed by atoms with Gasteiger partial charge in [0.2, 0.25) is 0 Å². The van der Waals surface area contributed by atoms with E-state index in [1.54, 1.807) is 6.07 Å². The molecule has 0 aliphatic heterocycles. The number of nitrogens with one attached hydrogen (secondary N) is 1. The number of hydrogen-bond donors (Lipinski definition) is 1. The minimum absolute atomic E-state index is 0.135. The van der Waals surface area contributed by atoms with Crippen LogP contribution in [0.3, 0.4) is 0 Å². The van der Waals surface area contributed by atoms with Gasteiger partial charge >= 0.3 is 0 Å². The Balaban J connectivity index is 1.76. The van der Waals surface area contributed by atoms with E-state index < -0.39 is 0 Å². The molecule has 2 unspecified atom stereocenters. The van der Waals surface area contributed by atoms with Crippen molar-refractivity contribution in [1.82, 2.24) is 5.32 Å². The van der Waals surface area contributed by atoms with E-state index in [0.29, 0.717) is 11.5 Å². The summed E-state index contributed by atoms with van der Waals surface area (Å²) >= 11 is 3.41. The average Bonchev–Trinajstić information content (AvgIpc) is 2.94. The maximum absolute atomic E-state index is 13.6. The fourth-order valence-corrected chi connectivity index (χ4v) is 4.44. The Morgan fingerprint density at radius 2 is 2.00 bits per heavy atom. The van der Waals surface area contributed by atoms with Crippen molar-refractivity contribution in [1.29, 1.82) is 0 Å². The fraction of sp³-hybridized carbons (Fsp3) is 0.647. The number of hydrogen-bond acceptors (Lipinski definition) is 1. The van der Waals surface area contributed by atoms with E-state index in [1.165, 1.54) is 25.3 Å². The van der Waals surface area contributed by atoms with Gasteiger partial charge in [0.25, 0.3) is 0 Å². The Bertz CT molecular complexity index is 470. The zero-order valence-corrected chi connectivity index (χ0v) is 13.8. The highest BCUT2D eigenvalue weighted by atomic mass is 79.9. The molecule has 20 heavy (non-hydrogen) atoms. The summed E-state index contributed by atoms with van der Waals surface area (Å²) in [5.74, 6) is 1.76. The van der Waals surface area contributed by atoms with Gasteiger partial charge in [0, 0.05) is 17.1 Å². The lowest BCUT2D eigenvalue weighted by Crippen LogP contribution is -2.38. The first-order valence-electron chi connectivity index (χ1n) is 7.64. The fourth-order valence-electron chi connectivity index (χ4n) is 3.92. The summed E-state index contributed by atoms with van der Waals surface area (Å²) in [6.45, 7) is 5.45. The number of rotatable bonds is 5. The Kier molecular flexibility index (Phi) is 3.93. The molecule has 0 saturated heterocycles. The molecule has 3 rings (SSSR count). The van der Waals surface area contributed by atoms with Crippen LogP contribution in [0.4, 0.5) is 4.39 Å². The molecule has 1 N–H and O–H groups in total. The topological polar surface area (TPSA) is 12.0 Å². The first-order valence-corrected chi connectivity index (χ1v) is 8.43. The van der Waals surface area contributed by atoms with Crippen molar-refractivity contribution in [2.24, 2.45) is 17.3 Å². The third-order valence-corrected chi connectivity index (χ3v) is 5.30. The molecule has 2 fully saturated rings. The lowest BCUT2D eigenvalue weighted by atomic mass is 9.77. The van der Waals surface area contributed by atoms with Crippen molar-refractivity contribution < 1.29 is 4.39 Å². The monoisotopic (exact) mass is 339 g/mol. The molecule has 2 aliphatic rings. The van der Waals surface area contributed by atoms with Crippen LogP contribution in [-0.2, 0) is 6.42 Å². The highest BCUT2D eigenvalue weighted by molar-refractivity contribution is 9.10. The molecule has 2 atom stereocenters. The second-order valence-electron chi connectivity index (χ2n) is 7.15. The highest BCUT2D eigenvalue weighted by Gasteiger charge is 2.53. The summed E-state index contributed by atoms with van der Waals surface area (Å²) in [6, 6.07) is 5.83. The van der Waals surface area contributed by atoms with Crippen LogP contribution in [-0.4, -0.2) is 12.6 Å². The summed E-state index contributed by atoms with van der Waals surface area (Å²) in [5.41, 5.74) is 1.47. The summed E-state index contributed by atoms with van der Waals surface area (Å²) < 4.78 is 14.4. The van der Waals surface area contributed by atoms with Crippen molar-refractivity contribution in [3.63, 3.8) is 0 Å². The highest BCUT2D eigenvalue weighted by Crippen LogP contribution is 2.60. The van der Waals surface area contributed by atoms with Gasteiger partial charge in [-0.1, -0.05) is 29.8 Å². The molecule has 0 radical (unpaired) electrons. The predicted molar refractivity (Wildman–Crippen MR) is 84.2 cm³/mol. The van der Waals surface area contributed by atoms with Crippen molar-refractivity contribution >= 4 is 15.9 Å². The second-order valence-corrected chi connectivity index (χ2v) is 8.07. The third-order valence-electron chi connectivity index (χ3n) is 4.85. The van der Waals surface area contributed by atoms with Crippen LogP contribution in [0.15, 0.2) is 22.7 Å². The molecule has 110 valence electrons. The Morgan fingerprint density at radius 1 is 1.30 bits per heavy atom. The van der Waals surface area contributed by atoms with E-state index in [9.17, 15) is 4.39 Å². The number of fused-ring (bicyclic) bond motifs is 1. The molecular weight excluding hydrogens is 317 g/mol. The molecule has 0 aromatic heterocycles. The smallest absolute Gasteiger partial charge is 0.124 e. The lowest BCUT2D eigenvalue weighted by Gasteiger charge is -2.32. The van der Waals surface area contributed by atoms with Gasteiger partial charge in [-0.25, -0.2) is 4.39 Å². The number of halogens is 2. The molecule has 0 amide bonds. The Morgan fingerprint density at radius 3 is 2.60 bits per heavy atom. The maximum Gasteiger partial charge on any atom is 0.124 e. The standard InChI is InChI=1S/C17H23BrFN/c1-11(2)20-10-17(8-13-5-14(13)9-17)7-12-3-15(18)6-16(19)4-12/h3-4,6,11,13-14,20H,5,7-10H2,1-2H3. The van der Waals surface area contributed by atoms with Crippen LogP contribution in [0.2, 0.25) is 0 Å². The van der Waals surface area contributed by atoms with Crippen molar-refractivity contribution in [3.8, 4) is 0 Å². The van der Waals surface area contributed by atoms with Gasteiger partial charge in [-0.2, -0.15) is 0 Å². The van der Waals surface area contributed by atoms with E-state index >= 15 is 0 Å². The quantitative estimate of drug-likeness (QED) is 0.829. The van der Waals surface area contributed by atoms with E-state index in [4.69, 9.17) is 0 Å². The molecule has 1 aromatic carbocycles. The molecular formula is C17H23BrFN. The molecule has 0 spiro atoms.